The minimum atomic E-state index is -3.48. The van der Waals surface area contributed by atoms with Crippen LogP contribution in [0.15, 0.2) is 34.8 Å². The number of halogens is 1. The Morgan fingerprint density at radius 3 is 2.78 bits per heavy atom. The molecule has 0 saturated carbocycles. The molecule has 0 aliphatic carbocycles. The predicted octanol–water partition coefficient (Wildman–Crippen LogP) is 2.52. The zero-order chi connectivity index (χ0) is 15.7. The number of hydrogen-bond donors (Lipinski definition) is 1. The van der Waals surface area contributed by atoms with Crippen LogP contribution in [0.4, 0.5) is 0 Å². The third-order valence-corrected chi connectivity index (χ3v) is 7.48. The van der Waals surface area contributed by atoms with Crippen molar-refractivity contribution < 1.29 is 8.42 Å². The maximum atomic E-state index is 13.0. The molecule has 1 saturated heterocycles. The van der Waals surface area contributed by atoms with Gasteiger partial charge in [-0.3, -0.25) is 4.98 Å². The van der Waals surface area contributed by atoms with E-state index in [4.69, 9.17) is 0 Å². The molecule has 5 nitrogen and oxygen atoms in total. The number of nitrogens with zero attached hydrogens (tertiary/aromatic N) is 2. The van der Waals surface area contributed by atoms with Gasteiger partial charge < -0.3 is 5.32 Å². The molecule has 1 aliphatic heterocycles. The van der Waals surface area contributed by atoms with E-state index >= 15 is 0 Å². The van der Waals surface area contributed by atoms with Gasteiger partial charge >= 0.3 is 0 Å². The van der Waals surface area contributed by atoms with E-state index < -0.39 is 10.0 Å². The number of aryl methyl sites for hydroxylation is 2. The average Bonchev–Trinajstić information content (AvgIpc) is 2.88. The summed E-state index contributed by atoms with van der Waals surface area (Å²) >= 11 is 1.35. The Bertz CT molecular complexity index is 743. The van der Waals surface area contributed by atoms with Gasteiger partial charge in [0.05, 0.1) is 6.04 Å². The van der Waals surface area contributed by atoms with Gasteiger partial charge in [0.15, 0.2) is 0 Å². The number of aromatic nitrogens is 1. The molecule has 2 aromatic rings. The van der Waals surface area contributed by atoms with E-state index in [1.54, 1.807) is 22.8 Å². The van der Waals surface area contributed by atoms with Crippen LogP contribution >= 0.6 is 23.7 Å². The molecule has 0 spiro atoms. The minimum absolute atomic E-state index is 0. The van der Waals surface area contributed by atoms with Crippen LogP contribution < -0.4 is 5.32 Å². The highest BCUT2D eigenvalue weighted by molar-refractivity contribution is 7.91. The zero-order valence-electron chi connectivity index (χ0n) is 13.0. The molecule has 1 N–H and O–H groups in total. The Kier molecular flexibility index (Phi) is 5.80. The minimum Gasteiger partial charge on any atom is -0.313 e. The van der Waals surface area contributed by atoms with Gasteiger partial charge in [0.1, 0.15) is 4.21 Å². The molecular weight excluding hydrogens is 354 g/mol. The molecule has 2 aromatic heterocycles. The van der Waals surface area contributed by atoms with Crippen molar-refractivity contribution in [3.8, 4) is 0 Å². The fourth-order valence-electron chi connectivity index (χ4n) is 2.61. The summed E-state index contributed by atoms with van der Waals surface area (Å²) in [5.74, 6) is 0. The van der Waals surface area contributed by atoms with Crippen molar-refractivity contribution in [2.45, 2.75) is 24.1 Å². The van der Waals surface area contributed by atoms with E-state index in [1.165, 1.54) is 11.3 Å². The lowest BCUT2D eigenvalue weighted by atomic mass is 10.1. The number of hydrogen-bond acceptors (Lipinski definition) is 5. The normalized spacial score (nSPS) is 19.3. The van der Waals surface area contributed by atoms with Crippen LogP contribution in [0.3, 0.4) is 0 Å². The molecule has 1 fully saturated rings. The van der Waals surface area contributed by atoms with Crippen LogP contribution in [0, 0.1) is 13.8 Å². The quantitative estimate of drug-likeness (QED) is 0.897. The van der Waals surface area contributed by atoms with Crippen molar-refractivity contribution in [2.75, 3.05) is 19.6 Å². The third kappa shape index (κ3) is 3.59. The summed E-state index contributed by atoms with van der Waals surface area (Å²) in [6.45, 7) is 5.64. The maximum Gasteiger partial charge on any atom is 0.253 e. The summed E-state index contributed by atoms with van der Waals surface area (Å²) in [6, 6.07) is 5.33. The second-order valence-corrected chi connectivity index (χ2v) is 8.80. The second kappa shape index (κ2) is 7.27. The van der Waals surface area contributed by atoms with E-state index in [2.05, 4.69) is 10.3 Å². The van der Waals surface area contributed by atoms with Crippen molar-refractivity contribution >= 4 is 33.8 Å². The van der Waals surface area contributed by atoms with Crippen LogP contribution in [0.2, 0.25) is 0 Å². The molecule has 0 bridgehead atoms. The molecule has 3 heterocycles. The molecule has 0 aromatic carbocycles. The van der Waals surface area contributed by atoms with E-state index in [1.807, 2.05) is 26.0 Å². The maximum absolute atomic E-state index is 13.0. The average molecular weight is 374 g/mol. The fourth-order valence-corrected chi connectivity index (χ4v) is 5.87. The molecule has 0 radical (unpaired) electrons. The summed E-state index contributed by atoms with van der Waals surface area (Å²) in [4.78, 5) is 5.17. The van der Waals surface area contributed by atoms with Crippen molar-refractivity contribution in [1.29, 1.82) is 0 Å². The predicted molar refractivity (Wildman–Crippen MR) is 94.8 cm³/mol. The largest absolute Gasteiger partial charge is 0.313 e. The van der Waals surface area contributed by atoms with Gasteiger partial charge in [-0.25, -0.2) is 8.42 Å². The van der Waals surface area contributed by atoms with Crippen LogP contribution in [0.25, 0.3) is 0 Å². The first-order chi connectivity index (χ1) is 10.5. The highest BCUT2D eigenvalue weighted by Crippen LogP contribution is 2.33. The Morgan fingerprint density at radius 1 is 1.39 bits per heavy atom. The number of rotatable bonds is 3. The van der Waals surface area contributed by atoms with E-state index in [0.29, 0.717) is 23.8 Å². The summed E-state index contributed by atoms with van der Waals surface area (Å²) < 4.78 is 28.1. The number of thiophene rings is 1. The Labute approximate surface area is 147 Å². The lowest BCUT2D eigenvalue weighted by molar-refractivity contribution is 0.271. The van der Waals surface area contributed by atoms with E-state index in [9.17, 15) is 8.42 Å². The van der Waals surface area contributed by atoms with Gasteiger partial charge in [-0.2, -0.15) is 4.31 Å². The molecule has 8 heteroatoms. The van der Waals surface area contributed by atoms with Crippen LogP contribution in [-0.2, 0) is 10.0 Å². The first-order valence-electron chi connectivity index (χ1n) is 7.19. The summed E-state index contributed by atoms with van der Waals surface area (Å²) in [6.07, 6.45) is 3.44. The number of piperazine rings is 1. The monoisotopic (exact) mass is 373 g/mol. The SMILES string of the molecule is Cc1cc(S(=O)(=O)N2CCNCC2c2cccnc2)sc1C.Cl. The Balaban J connectivity index is 0.00000192. The Morgan fingerprint density at radius 2 is 2.17 bits per heavy atom. The van der Waals surface area contributed by atoms with Crippen LogP contribution in [0.1, 0.15) is 22.0 Å². The van der Waals surface area contributed by atoms with Gasteiger partial charge in [-0.1, -0.05) is 6.07 Å². The third-order valence-electron chi connectivity index (χ3n) is 3.97. The topological polar surface area (TPSA) is 62.3 Å². The van der Waals surface area contributed by atoms with Gasteiger partial charge in [0, 0.05) is 36.9 Å². The van der Waals surface area contributed by atoms with Crippen molar-refractivity contribution in [3.63, 3.8) is 0 Å². The molecule has 3 rings (SSSR count). The highest BCUT2D eigenvalue weighted by atomic mass is 35.5. The fraction of sp³-hybridized carbons (Fsp3) is 0.400. The van der Waals surface area contributed by atoms with E-state index in [0.717, 1.165) is 16.0 Å². The van der Waals surface area contributed by atoms with Crippen molar-refractivity contribution in [1.82, 2.24) is 14.6 Å². The van der Waals surface area contributed by atoms with Gasteiger partial charge in [-0.15, -0.1) is 23.7 Å². The zero-order valence-corrected chi connectivity index (χ0v) is 15.5. The number of sulfonamides is 1. The molecular formula is C15H20ClN3O2S2. The van der Waals surface area contributed by atoms with Crippen LogP contribution in [-0.4, -0.2) is 37.3 Å². The Hall–Kier alpha value is -0.990. The summed E-state index contributed by atoms with van der Waals surface area (Å²) in [5, 5.41) is 3.27. The summed E-state index contributed by atoms with van der Waals surface area (Å²) in [5.41, 5.74) is 1.94. The lowest BCUT2D eigenvalue weighted by Crippen LogP contribution is -2.48. The molecule has 1 unspecified atom stereocenters. The standard InChI is InChI=1S/C15H19N3O2S2.ClH/c1-11-8-15(21-12(11)2)22(19,20)18-7-6-17-10-14(18)13-4-3-5-16-9-13;/h3-5,8-9,14,17H,6-7,10H2,1-2H3;1H. The van der Waals surface area contributed by atoms with Crippen molar-refractivity contribution in [2.24, 2.45) is 0 Å². The van der Waals surface area contributed by atoms with Gasteiger partial charge in [0.2, 0.25) is 0 Å². The number of pyridine rings is 1. The molecule has 0 amide bonds. The first kappa shape index (κ1) is 18.4. The number of nitrogens with one attached hydrogen (secondary N) is 1. The second-order valence-electron chi connectivity index (χ2n) is 5.43. The van der Waals surface area contributed by atoms with Crippen molar-refractivity contribution in [3.05, 3.63) is 46.6 Å². The molecule has 1 aliphatic rings. The highest BCUT2D eigenvalue weighted by Gasteiger charge is 2.35. The van der Waals surface area contributed by atoms with Crippen LogP contribution in [0.5, 0.6) is 0 Å². The molecule has 1 atom stereocenters. The smallest absolute Gasteiger partial charge is 0.253 e. The molecule has 23 heavy (non-hydrogen) atoms. The lowest BCUT2D eigenvalue weighted by Gasteiger charge is -2.34. The van der Waals surface area contributed by atoms with Gasteiger partial charge in [-0.05, 0) is 37.1 Å². The summed E-state index contributed by atoms with van der Waals surface area (Å²) in [7, 11) is -3.48. The van der Waals surface area contributed by atoms with Gasteiger partial charge in [0.25, 0.3) is 10.0 Å². The molecule has 126 valence electrons. The first-order valence-corrected chi connectivity index (χ1v) is 9.45. The van der Waals surface area contributed by atoms with E-state index in [-0.39, 0.29) is 18.4 Å².